The molecule has 0 aromatic carbocycles. The summed E-state index contributed by atoms with van der Waals surface area (Å²) in [7, 11) is 0. The molecule has 0 spiro atoms. The maximum atomic E-state index is 13.9. The van der Waals surface area contributed by atoms with E-state index >= 15 is 0 Å². The van der Waals surface area contributed by atoms with Crippen molar-refractivity contribution in [2.45, 2.75) is 31.5 Å². The molecule has 1 unspecified atom stereocenters. The van der Waals surface area contributed by atoms with Crippen molar-refractivity contribution in [3.05, 3.63) is 0 Å². The normalized spacial score (nSPS) is 22.8. The summed E-state index contributed by atoms with van der Waals surface area (Å²) in [5.74, 6) is -0.892. The number of halogens is 1. The summed E-state index contributed by atoms with van der Waals surface area (Å²) in [6.45, 7) is 2.21. The van der Waals surface area contributed by atoms with Crippen molar-refractivity contribution in [2.75, 3.05) is 19.8 Å². The van der Waals surface area contributed by atoms with Crippen LogP contribution in [0.1, 0.15) is 19.8 Å². The van der Waals surface area contributed by atoms with Gasteiger partial charge in [-0.25, -0.2) is 9.18 Å². The van der Waals surface area contributed by atoms with Crippen LogP contribution in [-0.4, -0.2) is 42.7 Å². The average Bonchev–Trinajstić information content (AvgIpc) is 2.18. The van der Waals surface area contributed by atoms with Crippen molar-refractivity contribution < 1.29 is 23.8 Å². The van der Waals surface area contributed by atoms with Crippen LogP contribution in [-0.2, 0) is 14.3 Å². The zero-order valence-electron chi connectivity index (χ0n) is 8.16. The molecule has 1 aliphatic rings. The van der Waals surface area contributed by atoms with E-state index in [2.05, 4.69) is 4.74 Å². The third-order valence-corrected chi connectivity index (χ3v) is 2.32. The van der Waals surface area contributed by atoms with Gasteiger partial charge in [0.25, 0.3) is 0 Å². The number of ether oxygens (including phenoxy) is 2. The first kappa shape index (κ1) is 11.4. The Morgan fingerprint density at radius 1 is 1.64 bits per heavy atom. The highest BCUT2D eigenvalue weighted by atomic mass is 19.1. The van der Waals surface area contributed by atoms with E-state index in [1.54, 1.807) is 6.92 Å². The van der Waals surface area contributed by atoms with Gasteiger partial charge < -0.3 is 14.6 Å². The lowest BCUT2D eigenvalue weighted by Gasteiger charge is -2.32. The number of rotatable bonds is 3. The smallest absolute Gasteiger partial charge is 0.338 e. The second-order valence-corrected chi connectivity index (χ2v) is 3.30. The Morgan fingerprint density at radius 2 is 2.21 bits per heavy atom. The van der Waals surface area contributed by atoms with Crippen LogP contribution in [0.15, 0.2) is 0 Å². The first-order chi connectivity index (χ1) is 6.60. The molecule has 1 fully saturated rings. The third kappa shape index (κ3) is 2.42. The molecule has 5 heteroatoms. The maximum absolute atomic E-state index is 13.9. The van der Waals surface area contributed by atoms with Gasteiger partial charge in [0.1, 0.15) is 0 Å². The Kier molecular flexibility index (Phi) is 3.83. The van der Waals surface area contributed by atoms with E-state index in [-0.39, 0.29) is 32.7 Å². The molecular formula is C9H15FO4. The fourth-order valence-corrected chi connectivity index (χ4v) is 1.42. The van der Waals surface area contributed by atoms with Crippen LogP contribution in [0.5, 0.6) is 0 Å². The number of esters is 1. The summed E-state index contributed by atoms with van der Waals surface area (Å²) in [6, 6.07) is 0. The first-order valence-electron chi connectivity index (χ1n) is 4.71. The maximum Gasteiger partial charge on any atom is 0.338 e. The van der Waals surface area contributed by atoms with E-state index in [1.807, 2.05) is 0 Å². The van der Waals surface area contributed by atoms with Crippen LogP contribution in [0.25, 0.3) is 0 Å². The summed E-state index contributed by atoms with van der Waals surface area (Å²) in [6.07, 6.45) is -1.62. The van der Waals surface area contributed by atoms with Crippen LogP contribution in [0.2, 0.25) is 0 Å². The van der Waals surface area contributed by atoms with E-state index in [0.29, 0.717) is 0 Å². The number of hydrogen-bond donors (Lipinski definition) is 1. The molecule has 0 radical (unpaired) electrons. The molecule has 4 nitrogen and oxygen atoms in total. The number of hydrogen-bond acceptors (Lipinski definition) is 4. The van der Waals surface area contributed by atoms with Crippen molar-refractivity contribution >= 4 is 5.97 Å². The Bertz CT molecular complexity index is 201. The molecule has 14 heavy (non-hydrogen) atoms. The van der Waals surface area contributed by atoms with E-state index in [9.17, 15) is 14.3 Å². The molecule has 0 bridgehead atoms. The zero-order chi connectivity index (χ0) is 10.6. The predicted octanol–water partition coefficient (Wildman–Crippen LogP) is 0.429. The molecule has 0 amide bonds. The second-order valence-electron chi connectivity index (χ2n) is 3.30. The van der Waals surface area contributed by atoms with Crippen molar-refractivity contribution in [2.24, 2.45) is 0 Å². The van der Waals surface area contributed by atoms with Gasteiger partial charge in [0, 0.05) is 26.1 Å². The van der Waals surface area contributed by atoms with Gasteiger partial charge in [0.15, 0.2) is 11.8 Å². The molecule has 0 aromatic rings. The van der Waals surface area contributed by atoms with Gasteiger partial charge in [-0.15, -0.1) is 0 Å². The molecule has 1 N–H and O–H groups in total. The standard InChI is InChI=1S/C9H15FO4/c1-2-14-8(12)7(11)9(10)3-5-13-6-4-9/h7,11H,2-6H2,1H3. The van der Waals surface area contributed by atoms with Gasteiger partial charge in [-0.1, -0.05) is 0 Å². The van der Waals surface area contributed by atoms with E-state index in [0.717, 1.165) is 0 Å². The average molecular weight is 206 g/mol. The number of aliphatic hydroxyl groups excluding tert-OH is 1. The number of alkyl halides is 1. The summed E-state index contributed by atoms with van der Waals surface area (Å²) >= 11 is 0. The summed E-state index contributed by atoms with van der Waals surface area (Å²) < 4.78 is 23.4. The molecule has 1 rings (SSSR count). The summed E-state index contributed by atoms with van der Waals surface area (Å²) in [4.78, 5) is 11.1. The van der Waals surface area contributed by atoms with Gasteiger partial charge in [-0.05, 0) is 6.92 Å². The minimum atomic E-state index is -1.88. The van der Waals surface area contributed by atoms with Crippen LogP contribution < -0.4 is 0 Å². The van der Waals surface area contributed by atoms with E-state index < -0.39 is 17.7 Å². The van der Waals surface area contributed by atoms with Crippen LogP contribution in [0.3, 0.4) is 0 Å². The first-order valence-corrected chi connectivity index (χ1v) is 4.71. The highest BCUT2D eigenvalue weighted by Crippen LogP contribution is 2.29. The van der Waals surface area contributed by atoms with Gasteiger partial charge in [-0.3, -0.25) is 0 Å². The fourth-order valence-electron chi connectivity index (χ4n) is 1.42. The molecule has 1 atom stereocenters. The Hall–Kier alpha value is -0.680. The molecule has 82 valence electrons. The Balaban J connectivity index is 2.56. The SMILES string of the molecule is CCOC(=O)C(O)C1(F)CCOCC1. The van der Waals surface area contributed by atoms with Gasteiger partial charge in [-0.2, -0.15) is 0 Å². The van der Waals surface area contributed by atoms with E-state index in [1.165, 1.54) is 0 Å². The quantitative estimate of drug-likeness (QED) is 0.680. The van der Waals surface area contributed by atoms with Crippen LogP contribution >= 0.6 is 0 Å². The van der Waals surface area contributed by atoms with Gasteiger partial charge in [0.2, 0.25) is 0 Å². The number of carbonyl (C=O) groups is 1. The summed E-state index contributed by atoms with van der Waals surface area (Å²) in [5.41, 5.74) is -1.88. The highest BCUT2D eigenvalue weighted by molar-refractivity contribution is 5.76. The van der Waals surface area contributed by atoms with Crippen molar-refractivity contribution in [3.63, 3.8) is 0 Å². The van der Waals surface area contributed by atoms with E-state index in [4.69, 9.17) is 4.74 Å². The lowest BCUT2D eigenvalue weighted by molar-refractivity contribution is -0.168. The number of carbonyl (C=O) groups excluding carboxylic acids is 1. The zero-order valence-corrected chi connectivity index (χ0v) is 8.16. The minimum Gasteiger partial charge on any atom is -0.464 e. The lowest BCUT2D eigenvalue weighted by Crippen LogP contribution is -2.48. The highest BCUT2D eigenvalue weighted by Gasteiger charge is 2.44. The largest absolute Gasteiger partial charge is 0.464 e. The Labute approximate surface area is 82.0 Å². The number of aliphatic hydroxyl groups is 1. The van der Waals surface area contributed by atoms with Crippen molar-refractivity contribution in [3.8, 4) is 0 Å². The molecule has 0 aliphatic carbocycles. The summed E-state index contributed by atoms with van der Waals surface area (Å²) in [5, 5.41) is 9.43. The van der Waals surface area contributed by atoms with Crippen LogP contribution in [0.4, 0.5) is 4.39 Å². The second kappa shape index (κ2) is 4.70. The minimum absolute atomic E-state index is 0.0347. The lowest BCUT2D eigenvalue weighted by atomic mass is 9.90. The molecule has 0 aromatic heterocycles. The molecule has 0 saturated carbocycles. The fraction of sp³-hybridized carbons (Fsp3) is 0.889. The molecular weight excluding hydrogens is 191 g/mol. The molecule has 1 heterocycles. The van der Waals surface area contributed by atoms with Gasteiger partial charge in [0.05, 0.1) is 6.61 Å². The van der Waals surface area contributed by atoms with Crippen molar-refractivity contribution in [1.29, 1.82) is 0 Å². The third-order valence-electron chi connectivity index (χ3n) is 2.32. The predicted molar refractivity (Wildman–Crippen MR) is 46.5 cm³/mol. The molecule has 1 aliphatic heterocycles. The van der Waals surface area contributed by atoms with Crippen molar-refractivity contribution in [1.82, 2.24) is 0 Å². The Morgan fingerprint density at radius 3 is 2.71 bits per heavy atom. The van der Waals surface area contributed by atoms with Crippen LogP contribution in [0, 0.1) is 0 Å². The van der Waals surface area contributed by atoms with Gasteiger partial charge >= 0.3 is 5.97 Å². The molecule has 1 saturated heterocycles. The monoisotopic (exact) mass is 206 g/mol. The topological polar surface area (TPSA) is 55.8 Å².